The summed E-state index contributed by atoms with van der Waals surface area (Å²) >= 11 is 0. The minimum absolute atomic E-state index is 0.306. The number of fused-ring (bicyclic) bond motifs is 2. The van der Waals surface area contributed by atoms with E-state index in [0.29, 0.717) is 5.56 Å². The van der Waals surface area contributed by atoms with Crippen LogP contribution in [0.15, 0.2) is 30.3 Å². The van der Waals surface area contributed by atoms with Gasteiger partial charge in [-0.25, -0.2) is 4.79 Å². The summed E-state index contributed by atoms with van der Waals surface area (Å²) in [5.74, 6) is -1.05. The summed E-state index contributed by atoms with van der Waals surface area (Å²) in [5, 5.41) is 0. The summed E-state index contributed by atoms with van der Waals surface area (Å²) in [6.07, 6.45) is -0.0178. The van der Waals surface area contributed by atoms with E-state index in [2.05, 4.69) is 0 Å². The molecule has 1 aromatic carbocycles. The fourth-order valence-corrected chi connectivity index (χ4v) is 3.84. The highest BCUT2D eigenvalue weighted by Gasteiger charge is 2.70. The van der Waals surface area contributed by atoms with Crippen LogP contribution in [0.3, 0.4) is 0 Å². The molecule has 6 nitrogen and oxygen atoms in total. The largest absolute Gasteiger partial charge is 0.456 e. The van der Waals surface area contributed by atoms with Gasteiger partial charge in [0.2, 0.25) is 0 Å². The lowest BCUT2D eigenvalue weighted by Crippen LogP contribution is -2.61. The van der Waals surface area contributed by atoms with Crippen molar-refractivity contribution in [2.24, 2.45) is 0 Å². The molecular formula is C18H22O6. The number of methoxy groups -OCH3 is 1. The van der Waals surface area contributed by atoms with E-state index in [4.69, 9.17) is 23.7 Å². The molecule has 130 valence electrons. The Bertz CT molecular complexity index is 630. The van der Waals surface area contributed by atoms with Crippen molar-refractivity contribution in [2.75, 3.05) is 7.11 Å². The molecule has 4 rings (SSSR count). The number of esters is 1. The summed E-state index contributed by atoms with van der Waals surface area (Å²) in [5.41, 5.74) is -0.162. The van der Waals surface area contributed by atoms with Gasteiger partial charge >= 0.3 is 5.97 Å². The van der Waals surface area contributed by atoms with Crippen molar-refractivity contribution in [3.05, 3.63) is 35.9 Å². The SMILES string of the molecule is CO[C@@H]1O[C@@]2(CC[C@H]2OC(=O)c2ccccc2)[C@@H]2OC(C)(C)OC12. The maximum atomic E-state index is 12.4. The van der Waals surface area contributed by atoms with Gasteiger partial charge in [0, 0.05) is 7.11 Å². The molecule has 6 heteroatoms. The van der Waals surface area contributed by atoms with Crippen molar-refractivity contribution < 1.29 is 28.5 Å². The maximum absolute atomic E-state index is 12.4. The summed E-state index contributed by atoms with van der Waals surface area (Å²) in [6.45, 7) is 3.74. The first kappa shape index (κ1) is 16.0. The second-order valence-electron chi connectivity index (χ2n) is 7.00. The van der Waals surface area contributed by atoms with Crippen LogP contribution in [0.1, 0.15) is 37.0 Å². The number of ether oxygens (including phenoxy) is 5. The molecule has 1 aliphatic carbocycles. The van der Waals surface area contributed by atoms with Gasteiger partial charge in [-0.1, -0.05) is 18.2 Å². The van der Waals surface area contributed by atoms with Crippen molar-refractivity contribution in [3.8, 4) is 0 Å². The highest BCUT2D eigenvalue weighted by Crippen LogP contribution is 2.54. The predicted octanol–water partition coefficient (Wildman–Crippen LogP) is 2.27. The zero-order chi connectivity index (χ0) is 16.9. The van der Waals surface area contributed by atoms with Crippen LogP contribution in [0, 0.1) is 0 Å². The normalized spacial score (nSPS) is 39.5. The first-order chi connectivity index (χ1) is 11.5. The molecule has 2 aliphatic heterocycles. The molecule has 0 bridgehead atoms. The van der Waals surface area contributed by atoms with Crippen LogP contribution in [0.25, 0.3) is 0 Å². The minimum atomic E-state index is -0.702. The Labute approximate surface area is 141 Å². The number of hydrogen-bond acceptors (Lipinski definition) is 6. The highest BCUT2D eigenvalue weighted by atomic mass is 16.8. The van der Waals surface area contributed by atoms with Crippen molar-refractivity contribution in [3.63, 3.8) is 0 Å². The minimum Gasteiger partial charge on any atom is -0.456 e. The van der Waals surface area contributed by atoms with Crippen molar-refractivity contribution >= 4 is 5.97 Å². The van der Waals surface area contributed by atoms with Gasteiger partial charge < -0.3 is 23.7 Å². The topological polar surface area (TPSA) is 63.2 Å². The zero-order valence-corrected chi connectivity index (χ0v) is 14.1. The second kappa shape index (κ2) is 5.52. The fourth-order valence-electron chi connectivity index (χ4n) is 3.84. The molecule has 3 fully saturated rings. The van der Waals surface area contributed by atoms with Gasteiger partial charge in [0.25, 0.3) is 0 Å². The lowest BCUT2D eigenvalue weighted by molar-refractivity contribution is -0.288. The molecule has 0 N–H and O–H groups in total. The Morgan fingerprint density at radius 2 is 1.92 bits per heavy atom. The van der Waals surface area contributed by atoms with Gasteiger partial charge in [-0.2, -0.15) is 0 Å². The molecular weight excluding hydrogens is 312 g/mol. The van der Waals surface area contributed by atoms with Gasteiger partial charge in [-0.05, 0) is 38.8 Å². The molecule has 3 aliphatic rings. The number of rotatable bonds is 3. The summed E-state index contributed by atoms with van der Waals surface area (Å²) < 4.78 is 29.2. The Balaban J connectivity index is 1.54. The molecule has 2 heterocycles. The Morgan fingerprint density at radius 3 is 2.54 bits per heavy atom. The molecule has 2 saturated heterocycles. The maximum Gasteiger partial charge on any atom is 0.338 e. The molecule has 1 unspecified atom stereocenters. The number of hydrogen-bond donors (Lipinski definition) is 0. The molecule has 5 atom stereocenters. The Morgan fingerprint density at radius 1 is 1.17 bits per heavy atom. The third kappa shape index (κ3) is 2.37. The molecule has 1 spiro atoms. The van der Waals surface area contributed by atoms with E-state index in [1.165, 1.54) is 0 Å². The van der Waals surface area contributed by atoms with E-state index in [1.807, 2.05) is 32.0 Å². The zero-order valence-electron chi connectivity index (χ0n) is 14.1. The molecule has 1 saturated carbocycles. The number of carbonyl (C=O) groups excluding carboxylic acids is 1. The van der Waals surface area contributed by atoms with Crippen LogP contribution in [0.4, 0.5) is 0 Å². The lowest BCUT2D eigenvalue weighted by atomic mass is 9.72. The molecule has 24 heavy (non-hydrogen) atoms. The van der Waals surface area contributed by atoms with Gasteiger partial charge in [0.05, 0.1) is 5.56 Å². The predicted molar refractivity (Wildman–Crippen MR) is 83.3 cm³/mol. The van der Waals surface area contributed by atoms with Crippen LogP contribution < -0.4 is 0 Å². The van der Waals surface area contributed by atoms with Crippen molar-refractivity contribution in [2.45, 2.75) is 62.7 Å². The van der Waals surface area contributed by atoms with E-state index in [1.54, 1.807) is 19.2 Å². The van der Waals surface area contributed by atoms with Gasteiger partial charge in [-0.3, -0.25) is 0 Å². The molecule has 0 radical (unpaired) electrons. The third-order valence-electron chi connectivity index (χ3n) is 5.05. The van der Waals surface area contributed by atoms with Gasteiger partial charge in [-0.15, -0.1) is 0 Å². The third-order valence-corrected chi connectivity index (χ3v) is 5.05. The quantitative estimate of drug-likeness (QED) is 0.790. The van der Waals surface area contributed by atoms with Gasteiger partial charge in [0.1, 0.15) is 23.9 Å². The van der Waals surface area contributed by atoms with Crippen molar-refractivity contribution in [1.82, 2.24) is 0 Å². The van der Waals surface area contributed by atoms with E-state index in [0.717, 1.165) is 12.8 Å². The Hall–Kier alpha value is -1.47. The number of carbonyl (C=O) groups is 1. The van der Waals surface area contributed by atoms with E-state index in [-0.39, 0.29) is 24.3 Å². The first-order valence-electron chi connectivity index (χ1n) is 8.27. The fraction of sp³-hybridized carbons (Fsp3) is 0.611. The standard InChI is InChI=1S/C18H22O6/c1-17(2)22-13-14(23-17)18(24-16(13)20-3)10-9-12(18)21-15(19)11-7-5-4-6-8-11/h4-8,12-14,16H,9-10H2,1-3H3/t12-,13?,14-,16-,18-/m1/s1. The van der Waals surface area contributed by atoms with E-state index in [9.17, 15) is 4.79 Å². The second-order valence-corrected chi connectivity index (χ2v) is 7.00. The molecule has 1 aromatic rings. The first-order valence-corrected chi connectivity index (χ1v) is 8.27. The summed E-state index contributed by atoms with van der Waals surface area (Å²) in [7, 11) is 1.58. The van der Waals surface area contributed by atoms with Crippen LogP contribution in [0.2, 0.25) is 0 Å². The average Bonchev–Trinajstić information content (AvgIpc) is 3.04. The highest BCUT2D eigenvalue weighted by molar-refractivity contribution is 5.89. The number of benzene rings is 1. The summed E-state index contributed by atoms with van der Waals surface area (Å²) in [6, 6.07) is 8.96. The Kier molecular flexibility index (Phi) is 3.69. The molecule has 0 aromatic heterocycles. The van der Waals surface area contributed by atoms with Crippen LogP contribution in [0.5, 0.6) is 0 Å². The smallest absolute Gasteiger partial charge is 0.338 e. The lowest BCUT2D eigenvalue weighted by Gasteiger charge is -2.47. The van der Waals surface area contributed by atoms with Crippen LogP contribution >= 0.6 is 0 Å². The van der Waals surface area contributed by atoms with Crippen LogP contribution in [-0.4, -0.2) is 49.1 Å². The van der Waals surface area contributed by atoms with Crippen LogP contribution in [-0.2, 0) is 23.7 Å². The monoisotopic (exact) mass is 334 g/mol. The average molecular weight is 334 g/mol. The summed E-state index contributed by atoms with van der Waals surface area (Å²) in [4.78, 5) is 12.4. The van der Waals surface area contributed by atoms with E-state index >= 15 is 0 Å². The van der Waals surface area contributed by atoms with Gasteiger partial charge in [0.15, 0.2) is 12.1 Å². The van der Waals surface area contributed by atoms with Crippen molar-refractivity contribution in [1.29, 1.82) is 0 Å². The molecule has 0 amide bonds. The van der Waals surface area contributed by atoms with E-state index < -0.39 is 17.7 Å².